The first-order chi connectivity index (χ1) is 16.1. The number of rotatable bonds is 4. The molecule has 33 heavy (non-hydrogen) atoms. The number of piperazine rings is 1. The van der Waals surface area contributed by atoms with Gasteiger partial charge in [-0.15, -0.1) is 10.2 Å². The topological polar surface area (TPSA) is 77.5 Å². The van der Waals surface area contributed by atoms with E-state index in [4.69, 9.17) is 0 Å². The van der Waals surface area contributed by atoms with E-state index in [1.807, 2.05) is 48.8 Å². The fourth-order valence-electron chi connectivity index (χ4n) is 3.62. The Morgan fingerprint density at radius 3 is 2.48 bits per heavy atom. The largest absolute Gasteiger partial charge is 0.507 e. The number of amidine groups is 1. The first kappa shape index (κ1) is 22.7. The van der Waals surface area contributed by atoms with Gasteiger partial charge in [0.2, 0.25) is 0 Å². The molecule has 2 aromatic heterocycles. The van der Waals surface area contributed by atoms with E-state index in [0.717, 1.165) is 54.5 Å². The number of imidazole rings is 1. The second kappa shape index (κ2) is 10.4. The van der Waals surface area contributed by atoms with E-state index in [2.05, 4.69) is 38.0 Å². The van der Waals surface area contributed by atoms with Gasteiger partial charge in [0.1, 0.15) is 17.4 Å². The predicted octanol–water partition coefficient (Wildman–Crippen LogP) is 4.40. The maximum Gasteiger partial charge on any atom is 0.125 e. The lowest BCUT2D eigenvalue weighted by Crippen LogP contribution is -2.45. The number of aromatic nitrogens is 2. The van der Waals surface area contributed by atoms with Gasteiger partial charge >= 0.3 is 0 Å². The quantitative estimate of drug-likeness (QED) is 0.355. The van der Waals surface area contributed by atoms with Crippen molar-refractivity contribution < 1.29 is 5.11 Å². The Morgan fingerprint density at radius 2 is 1.82 bits per heavy atom. The number of hydrogen-bond donors (Lipinski definition) is 2. The summed E-state index contributed by atoms with van der Waals surface area (Å²) in [5.41, 5.74) is 4.08. The van der Waals surface area contributed by atoms with Gasteiger partial charge in [0.05, 0.1) is 17.4 Å². The average molecular weight is 445 g/mol. The summed E-state index contributed by atoms with van der Waals surface area (Å²) < 4.78 is 2.03. The Hall–Kier alpha value is -3.45. The van der Waals surface area contributed by atoms with Gasteiger partial charge in [-0.2, -0.15) is 0 Å². The molecule has 2 fully saturated rings. The standard InChI is InChI=1S/C23H26N6O.C3H6/c1-4-22(27-26-17(3)28-11-8-24-9-12-28)21-6-5-18(14-23(21)30)19-7-10-29-16(2)25-15-20(29)13-19;1-2-3-1/h4-7,10,13-15,24,30H,1,8-9,11-12H2,2-3H3;1-3H2/b26-17+,27-22+;. The number of nitrogens with zero attached hydrogens (tertiary/aromatic N) is 5. The third kappa shape index (κ3) is 5.68. The van der Waals surface area contributed by atoms with E-state index in [1.54, 1.807) is 12.1 Å². The summed E-state index contributed by atoms with van der Waals surface area (Å²) in [5.74, 6) is 1.94. The monoisotopic (exact) mass is 444 g/mol. The number of allylic oxidation sites excluding steroid dienone is 1. The Labute approximate surface area is 195 Å². The van der Waals surface area contributed by atoms with Crippen LogP contribution in [0.4, 0.5) is 0 Å². The van der Waals surface area contributed by atoms with Gasteiger partial charge in [0, 0.05) is 37.9 Å². The Bertz CT molecular complexity index is 1180. The molecule has 1 aliphatic heterocycles. The van der Waals surface area contributed by atoms with Crippen molar-refractivity contribution in [1.82, 2.24) is 19.6 Å². The van der Waals surface area contributed by atoms with Gasteiger partial charge in [0.25, 0.3) is 0 Å². The third-order valence-corrected chi connectivity index (χ3v) is 5.75. The summed E-state index contributed by atoms with van der Waals surface area (Å²) in [4.78, 5) is 6.52. The van der Waals surface area contributed by atoms with Crippen LogP contribution in [0, 0.1) is 6.92 Å². The van der Waals surface area contributed by atoms with Crippen molar-refractivity contribution in [2.75, 3.05) is 26.2 Å². The number of phenolic OH excluding ortho intramolecular Hbond substituents is 1. The zero-order valence-electron chi connectivity index (χ0n) is 19.5. The van der Waals surface area contributed by atoms with Gasteiger partial charge < -0.3 is 19.7 Å². The van der Waals surface area contributed by atoms with Crippen molar-refractivity contribution >= 4 is 17.1 Å². The number of phenols is 1. The number of aromatic hydroxyl groups is 1. The number of fused-ring (bicyclic) bond motifs is 1. The summed E-state index contributed by atoms with van der Waals surface area (Å²) in [6.45, 7) is 11.5. The van der Waals surface area contributed by atoms with Crippen molar-refractivity contribution in [3.05, 3.63) is 66.8 Å². The zero-order valence-corrected chi connectivity index (χ0v) is 19.5. The Kier molecular flexibility index (Phi) is 7.19. The van der Waals surface area contributed by atoms with Crippen molar-refractivity contribution in [2.24, 2.45) is 10.2 Å². The van der Waals surface area contributed by atoms with Crippen LogP contribution in [0.15, 0.2) is 65.6 Å². The van der Waals surface area contributed by atoms with Crippen LogP contribution in [0.5, 0.6) is 5.75 Å². The predicted molar refractivity (Wildman–Crippen MR) is 135 cm³/mol. The van der Waals surface area contributed by atoms with Crippen molar-refractivity contribution in [2.45, 2.75) is 33.1 Å². The molecule has 0 atom stereocenters. The van der Waals surface area contributed by atoms with E-state index in [0.29, 0.717) is 11.3 Å². The van der Waals surface area contributed by atoms with Crippen LogP contribution >= 0.6 is 0 Å². The molecule has 7 nitrogen and oxygen atoms in total. The van der Waals surface area contributed by atoms with E-state index >= 15 is 0 Å². The summed E-state index contributed by atoms with van der Waals surface area (Å²) >= 11 is 0. The van der Waals surface area contributed by atoms with Crippen LogP contribution < -0.4 is 5.32 Å². The SMILES string of the molecule is C1CC1.C=C/C(=N\N=C(/C)N1CCNCC1)c1ccc(-c2ccn3c(C)ncc3c2)cc1O. The summed E-state index contributed by atoms with van der Waals surface area (Å²) in [5, 5.41) is 22.7. The van der Waals surface area contributed by atoms with E-state index in [1.165, 1.54) is 19.3 Å². The Balaban J connectivity index is 0.000000799. The first-order valence-corrected chi connectivity index (χ1v) is 11.5. The molecule has 1 saturated carbocycles. The van der Waals surface area contributed by atoms with Crippen LogP contribution in [0.3, 0.4) is 0 Å². The minimum absolute atomic E-state index is 0.144. The second-order valence-corrected chi connectivity index (χ2v) is 8.38. The van der Waals surface area contributed by atoms with Crippen LogP contribution in [-0.4, -0.2) is 57.1 Å². The first-order valence-electron chi connectivity index (χ1n) is 11.5. The van der Waals surface area contributed by atoms with Crippen molar-refractivity contribution in [1.29, 1.82) is 0 Å². The molecule has 0 spiro atoms. The van der Waals surface area contributed by atoms with Gasteiger partial charge in [-0.25, -0.2) is 4.98 Å². The zero-order chi connectivity index (χ0) is 23.2. The van der Waals surface area contributed by atoms with E-state index < -0.39 is 0 Å². The molecule has 1 aromatic carbocycles. The smallest absolute Gasteiger partial charge is 0.125 e. The van der Waals surface area contributed by atoms with E-state index in [9.17, 15) is 5.11 Å². The number of nitrogens with one attached hydrogen (secondary N) is 1. The molecule has 0 radical (unpaired) electrons. The van der Waals surface area contributed by atoms with Gasteiger partial charge in [-0.3, -0.25) is 0 Å². The summed E-state index contributed by atoms with van der Waals surface area (Å²) in [6, 6.07) is 9.64. The average Bonchev–Trinajstić information content (AvgIpc) is 3.69. The minimum Gasteiger partial charge on any atom is -0.507 e. The number of aryl methyl sites for hydroxylation is 1. The lowest BCUT2D eigenvalue weighted by Gasteiger charge is -2.28. The van der Waals surface area contributed by atoms with Crippen LogP contribution in [0.25, 0.3) is 16.6 Å². The summed E-state index contributed by atoms with van der Waals surface area (Å²) in [6.07, 6.45) is 9.95. The van der Waals surface area contributed by atoms with Crippen LogP contribution in [0.2, 0.25) is 0 Å². The maximum absolute atomic E-state index is 10.7. The van der Waals surface area contributed by atoms with Crippen LogP contribution in [0.1, 0.15) is 37.6 Å². The van der Waals surface area contributed by atoms with Crippen molar-refractivity contribution in [3.63, 3.8) is 0 Å². The molecule has 3 heterocycles. The summed E-state index contributed by atoms with van der Waals surface area (Å²) in [7, 11) is 0. The maximum atomic E-state index is 10.7. The lowest BCUT2D eigenvalue weighted by atomic mass is 10.0. The highest BCUT2D eigenvalue weighted by Gasteiger charge is 2.12. The molecule has 0 unspecified atom stereocenters. The molecule has 3 aromatic rings. The van der Waals surface area contributed by atoms with Gasteiger partial charge in [0.15, 0.2) is 0 Å². The van der Waals surface area contributed by atoms with Crippen LogP contribution in [-0.2, 0) is 0 Å². The minimum atomic E-state index is 0.144. The molecule has 1 aliphatic carbocycles. The molecule has 7 heteroatoms. The Morgan fingerprint density at radius 1 is 1.09 bits per heavy atom. The molecule has 0 amide bonds. The highest BCUT2D eigenvalue weighted by Crippen LogP contribution is 2.28. The molecule has 2 aliphatic rings. The molecular weight excluding hydrogens is 412 g/mol. The molecule has 5 rings (SSSR count). The molecule has 172 valence electrons. The molecule has 2 N–H and O–H groups in total. The highest BCUT2D eigenvalue weighted by atomic mass is 16.3. The lowest BCUT2D eigenvalue weighted by molar-refractivity contribution is 0.355. The molecule has 0 bridgehead atoms. The van der Waals surface area contributed by atoms with Crippen molar-refractivity contribution in [3.8, 4) is 16.9 Å². The number of pyridine rings is 1. The third-order valence-electron chi connectivity index (χ3n) is 5.75. The number of benzene rings is 1. The van der Waals surface area contributed by atoms with E-state index in [-0.39, 0.29) is 5.75 Å². The highest BCUT2D eigenvalue weighted by molar-refractivity contribution is 6.10. The van der Waals surface area contributed by atoms with Gasteiger partial charge in [-0.1, -0.05) is 31.9 Å². The number of hydrogen-bond acceptors (Lipinski definition) is 5. The molecular formula is C26H32N6O. The fourth-order valence-corrected chi connectivity index (χ4v) is 3.62. The fraction of sp³-hybridized carbons (Fsp3) is 0.346. The normalized spacial score (nSPS) is 16.4. The second-order valence-electron chi connectivity index (χ2n) is 8.38. The van der Waals surface area contributed by atoms with Gasteiger partial charge in [-0.05, 0) is 55.3 Å². The molecule has 1 saturated heterocycles.